The van der Waals surface area contributed by atoms with Crippen LogP contribution in [0.5, 0.6) is 5.75 Å². The minimum absolute atomic E-state index is 0.181. The molecule has 6 nitrogen and oxygen atoms in total. The van der Waals surface area contributed by atoms with Gasteiger partial charge in [0, 0.05) is 21.1 Å². The average Bonchev–Trinajstić information content (AvgIpc) is 2.38. The fourth-order valence-electron chi connectivity index (χ4n) is 1.75. The predicted octanol–water partition coefficient (Wildman–Crippen LogP) is 1.10. The van der Waals surface area contributed by atoms with E-state index in [1.165, 1.54) is 18.0 Å². The highest BCUT2D eigenvalue weighted by atomic mass is 32.2. The molecule has 0 spiro atoms. The number of hydrogen-bond acceptors (Lipinski definition) is 4. The van der Waals surface area contributed by atoms with Gasteiger partial charge in [-0.3, -0.25) is 4.79 Å². The molecule has 0 bridgehead atoms. The van der Waals surface area contributed by atoms with Gasteiger partial charge < -0.3 is 9.64 Å². The highest BCUT2D eigenvalue weighted by molar-refractivity contribution is 7.89. The first-order valence-corrected chi connectivity index (χ1v) is 8.04. The number of benzene rings is 1. The van der Waals surface area contributed by atoms with Gasteiger partial charge in [0.2, 0.25) is 15.9 Å². The Morgan fingerprint density at radius 2 is 1.86 bits per heavy atom. The molecule has 0 aliphatic carbocycles. The Hall–Kier alpha value is -1.60. The van der Waals surface area contributed by atoms with Crippen molar-refractivity contribution in [2.45, 2.75) is 18.7 Å². The predicted molar refractivity (Wildman–Crippen MR) is 80.9 cm³/mol. The van der Waals surface area contributed by atoms with Gasteiger partial charge in [-0.15, -0.1) is 0 Å². The zero-order valence-corrected chi connectivity index (χ0v) is 13.9. The number of ether oxygens (including phenoxy) is 1. The van der Waals surface area contributed by atoms with Crippen LogP contribution in [-0.2, 0) is 14.8 Å². The quantitative estimate of drug-likeness (QED) is 0.789. The molecule has 0 aliphatic rings. The third-order valence-corrected chi connectivity index (χ3v) is 4.97. The lowest BCUT2D eigenvalue weighted by atomic mass is 10.2. The molecule has 0 radical (unpaired) electrons. The van der Waals surface area contributed by atoms with Crippen LogP contribution in [-0.4, -0.2) is 57.8 Å². The molecule has 7 heteroatoms. The van der Waals surface area contributed by atoms with Crippen LogP contribution < -0.4 is 4.74 Å². The summed E-state index contributed by atoms with van der Waals surface area (Å²) < 4.78 is 31.4. The first-order valence-electron chi connectivity index (χ1n) is 6.60. The van der Waals surface area contributed by atoms with E-state index in [0.717, 1.165) is 4.31 Å². The zero-order chi connectivity index (χ0) is 16.2. The van der Waals surface area contributed by atoms with Crippen LogP contribution in [0.1, 0.15) is 12.5 Å². The minimum atomic E-state index is -3.70. The fourth-order valence-corrected chi connectivity index (χ4v) is 3.07. The third kappa shape index (κ3) is 4.18. The van der Waals surface area contributed by atoms with Crippen LogP contribution in [0.3, 0.4) is 0 Å². The molecule has 0 unspecified atom stereocenters. The van der Waals surface area contributed by atoms with E-state index in [4.69, 9.17) is 4.74 Å². The maximum atomic E-state index is 12.5. The van der Waals surface area contributed by atoms with Crippen molar-refractivity contribution in [3.8, 4) is 5.75 Å². The smallest absolute Gasteiger partial charge is 0.243 e. The zero-order valence-electron chi connectivity index (χ0n) is 13.1. The fraction of sp³-hybridized carbons (Fsp3) is 0.500. The Labute approximate surface area is 126 Å². The number of aryl methyl sites for hydroxylation is 1. The van der Waals surface area contributed by atoms with Crippen LogP contribution in [0.2, 0.25) is 0 Å². The number of rotatable bonds is 6. The summed E-state index contributed by atoms with van der Waals surface area (Å²) in [6.07, 6.45) is 0. The van der Waals surface area contributed by atoms with E-state index in [1.807, 2.05) is 6.92 Å². The largest absolute Gasteiger partial charge is 0.494 e. The van der Waals surface area contributed by atoms with Crippen molar-refractivity contribution in [1.82, 2.24) is 9.21 Å². The number of carbonyl (C=O) groups excluding carboxylic acids is 1. The van der Waals surface area contributed by atoms with Gasteiger partial charge in [-0.2, -0.15) is 4.31 Å². The first kappa shape index (κ1) is 17.5. The van der Waals surface area contributed by atoms with E-state index in [9.17, 15) is 13.2 Å². The summed E-state index contributed by atoms with van der Waals surface area (Å²) in [7, 11) is 0.872. The molecule has 0 heterocycles. The molecular formula is C14H22N2O4S. The number of sulfonamides is 1. The Morgan fingerprint density at radius 1 is 1.24 bits per heavy atom. The number of hydrogen-bond donors (Lipinski definition) is 0. The van der Waals surface area contributed by atoms with Crippen molar-refractivity contribution in [3.05, 3.63) is 23.8 Å². The van der Waals surface area contributed by atoms with E-state index in [-0.39, 0.29) is 17.3 Å². The Balaban J connectivity index is 3.05. The van der Waals surface area contributed by atoms with E-state index in [0.29, 0.717) is 17.9 Å². The highest BCUT2D eigenvalue weighted by Crippen LogP contribution is 2.23. The van der Waals surface area contributed by atoms with Gasteiger partial charge in [-0.1, -0.05) is 0 Å². The van der Waals surface area contributed by atoms with E-state index in [2.05, 4.69) is 0 Å². The lowest BCUT2D eigenvalue weighted by molar-refractivity contribution is -0.128. The van der Waals surface area contributed by atoms with E-state index < -0.39 is 10.0 Å². The summed E-state index contributed by atoms with van der Waals surface area (Å²) in [6, 6.07) is 4.80. The average molecular weight is 314 g/mol. The molecule has 118 valence electrons. The molecule has 0 aromatic heterocycles. The number of likely N-dealkylation sites (N-methyl/N-ethyl adjacent to an activating group) is 2. The molecule has 0 atom stereocenters. The van der Waals surface area contributed by atoms with Crippen molar-refractivity contribution in [2.75, 3.05) is 34.3 Å². The normalized spacial score (nSPS) is 11.5. The summed E-state index contributed by atoms with van der Waals surface area (Å²) in [5.41, 5.74) is 0.588. The van der Waals surface area contributed by atoms with Gasteiger partial charge in [-0.05, 0) is 37.6 Å². The summed E-state index contributed by atoms with van der Waals surface area (Å²) in [6.45, 7) is 3.89. The Bertz CT molecular complexity index is 611. The molecule has 1 aromatic rings. The number of nitrogens with zero attached hydrogens (tertiary/aromatic N) is 2. The lowest BCUT2D eigenvalue weighted by Gasteiger charge is -2.20. The minimum Gasteiger partial charge on any atom is -0.494 e. The van der Waals surface area contributed by atoms with Crippen molar-refractivity contribution in [1.29, 1.82) is 0 Å². The molecule has 0 fully saturated rings. The summed E-state index contributed by atoms with van der Waals surface area (Å²) >= 11 is 0. The molecule has 0 N–H and O–H groups in total. The second-order valence-corrected chi connectivity index (χ2v) is 6.92. The van der Waals surface area contributed by atoms with Crippen molar-refractivity contribution < 1.29 is 17.9 Å². The molecule has 0 aliphatic heterocycles. The lowest BCUT2D eigenvalue weighted by Crippen LogP contribution is -2.37. The van der Waals surface area contributed by atoms with Gasteiger partial charge in [0.1, 0.15) is 5.75 Å². The monoisotopic (exact) mass is 314 g/mol. The van der Waals surface area contributed by atoms with E-state index in [1.54, 1.807) is 33.2 Å². The molecule has 0 saturated heterocycles. The van der Waals surface area contributed by atoms with Gasteiger partial charge in [0.15, 0.2) is 0 Å². The second kappa shape index (κ2) is 6.91. The van der Waals surface area contributed by atoms with Crippen LogP contribution >= 0.6 is 0 Å². The molecule has 1 rings (SSSR count). The van der Waals surface area contributed by atoms with Gasteiger partial charge >= 0.3 is 0 Å². The summed E-state index contributed by atoms with van der Waals surface area (Å²) in [4.78, 5) is 13.2. The molecule has 21 heavy (non-hydrogen) atoms. The molecular weight excluding hydrogens is 292 g/mol. The van der Waals surface area contributed by atoms with Gasteiger partial charge in [-0.25, -0.2) is 8.42 Å². The Morgan fingerprint density at radius 3 is 2.33 bits per heavy atom. The molecule has 1 aromatic carbocycles. The maximum Gasteiger partial charge on any atom is 0.243 e. The maximum absolute atomic E-state index is 12.5. The van der Waals surface area contributed by atoms with E-state index >= 15 is 0 Å². The summed E-state index contributed by atoms with van der Waals surface area (Å²) in [5.74, 6) is 0.352. The topological polar surface area (TPSA) is 66.9 Å². The summed E-state index contributed by atoms with van der Waals surface area (Å²) in [5, 5.41) is 0. The third-order valence-electron chi connectivity index (χ3n) is 3.00. The standard InChI is InChI=1S/C14H22N2O4S/c1-6-20-12-7-8-13(11(2)9-12)21(18,19)16(5)10-14(17)15(3)4/h7-9H,6,10H2,1-5H3. The van der Waals surface area contributed by atoms with Gasteiger partial charge in [0.05, 0.1) is 18.0 Å². The number of carbonyl (C=O) groups is 1. The number of amides is 1. The highest BCUT2D eigenvalue weighted by Gasteiger charge is 2.25. The van der Waals surface area contributed by atoms with Crippen molar-refractivity contribution in [3.63, 3.8) is 0 Å². The van der Waals surface area contributed by atoms with Crippen molar-refractivity contribution in [2.24, 2.45) is 0 Å². The van der Waals surface area contributed by atoms with Crippen molar-refractivity contribution >= 4 is 15.9 Å². The van der Waals surface area contributed by atoms with Crippen LogP contribution in [0.25, 0.3) is 0 Å². The SMILES string of the molecule is CCOc1ccc(S(=O)(=O)N(C)CC(=O)N(C)C)c(C)c1. The van der Waals surface area contributed by atoms with Gasteiger partial charge in [0.25, 0.3) is 0 Å². The second-order valence-electron chi connectivity index (χ2n) is 4.91. The first-order chi connectivity index (χ1) is 9.70. The van der Waals surface area contributed by atoms with Crippen LogP contribution in [0.4, 0.5) is 0 Å². The van der Waals surface area contributed by atoms with Crippen LogP contribution in [0.15, 0.2) is 23.1 Å². The Kier molecular flexibility index (Phi) is 5.74. The van der Waals surface area contributed by atoms with Crippen LogP contribution in [0, 0.1) is 6.92 Å². The molecule has 0 saturated carbocycles. The molecule has 1 amide bonds.